The molecule has 0 aliphatic carbocycles. The van der Waals surface area contributed by atoms with Crippen LogP contribution < -0.4 is 10.6 Å². The van der Waals surface area contributed by atoms with Gasteiger partial charge in [-0.05, 0) is 27.7 Å². The van der Waals surface area contributed by atoms with Gasteiger partial charge in [0.25, 0.3) is 0 Å². The average molecular weight is 246 g/mol. The van der Waals surface area contributed by atoms with Crippen molar-refractivity contribution in [1.29, 1.82) is 0 Å². The zero-order chi connectivity index (χ0) is 13.6. The Hall–Kier alpha value is -1.79. The molecule has 7 nitrogen and oxygen atoms in total. The summed E-state index contributed by atoms with van der Waals surface area (Å²) in [7, 11) is 0. The van der Waals surface area contributed by atoms with E-state index in [-0.39, 0.29) is 6.54 Å². The molecule has 0 aromatic heterocycles. The first-order valence-corrected chi connectivity index (χ1v) is 5.11. The number of amides is 2. The Morgan fingerprint density at radius 3 is 2.24 bits per heavy atom. The van der Waals surface area contributed by atoms with E-state index in [0.29, 0.717) is 0 Å². The molecule has 0 rings (SSSR count). The zero-order valence-electron chi connectivity index (χ0n) is 10.4. The standard InChI is InChI=1S/C10H18N2O5/c1-6(8(14)15)12-7(13)5-11-9(16)17-10(2,3)4/h6H,5H2,1-4H3,(H,11,16)(H,12,13)(H,14,15)/t6-/m1/s1. The van der Waals surface area contributed by atoms with Gasteiger partial charge in [-0.15, -0.1) is 0 Å². The van der Waals surface area contributed by atoms with Crippen molar-refractivity contribution in [3.05, 3.63) is 0 Å². The van der Waals surface area contributed by atoms with Crippen LogP contribution in [0.4, 0.5) is 4.79 Å². The van der Waals surface area contributed by atoms with Crippen LogP contribution in [-0.4, -0.2) is 41.3 Å². The summed E-state index contributed by atoms with van der Waals surface area (Å²) in [4.78, 5) is 32.8. The van der Waals surface area contributed by atoms with Crippen LogP contribution in [0.3, 0.4) is 0 Å². The second-order valence-corrected chi connectivity index (χ2v) is 4.48. The molecule has 0 aromatic rings. The van der Waals surface area contributed by atoms with Crippen molar-refractivity contribution in [1.82, 2.24) is 10.6 Å². The third kappa shape index (κ3) is 8.06. The Labute approximate surface area is 99.5 Å². The molecule has 0 fully saturated rings. The molecule has 3 N–H and O–H groups in total. The van der Waals surface area contributed by atoms with E-state index >= 15 is 0 Å². The van der Waals surface area contributed by atoms with Crippen LogP contribution in [0.25, 0.3) is 0 Å². The van der Waals surface area contributed by atoms with Crippen molar-refractivity contribution >= 4 is 18.0 Å². The van der Waals surface area contributed by atoms with Crippen molar-refractivity contribution in [3.63, 3.8) is 0 Å². The SMILES string of the molecule is C[C@@H](NC(=O)CNC(=O)OC(C)(C)C)C(=O)O. The molecule has 0 radical (unpaired) electrons. The number of ether oxygens (including phenoxy) is 1. The molecule has 0 spiro atoms. The lowest BCUT2D eigenvalue weighted by Crippen LogP contribution is -2.44. The largest absolute Gasteiger partial charge is 0.480 e. The fraction of sp³-hybridized carbons (Fsp3) is 0.700. The molecule has 0 heterocycles. The van der Waals surface area contributed by atoms with Crippen molar-refractivity contribution in [2.75, 3.05) is 6.54 Å². The van der Waals surface area contributed by atoms with E-state index in [0.717, 1.165) is 0 Å². The van der Waals surface area contributed by atoms with Crippen LogP contribution in [0.1, 0.15) is 27.7 Å². The monoisotopic (exact) mass is 246 g/mol. The van der Waals surface area contributed by atoms with Crippen LogP contribution in [0, 0.1) is 0 Å². The predicted octanol–water partition coefficient (Wildman–Crippen LogP) is 0.100. The van der Waals surface area contributed by atoms with E-state index in [1.165, 1.54) is 6.92 Å². The molecule has 0 unspecified atom stereocenters. The Morgan fingerprint density at radius 1 is 1.29 bits per heavy atom. The quantitative estimate of drug-likeness (QED) is 0.652. The number of aliphatic carboxylic acids is 1. The van der Waals surface area contributed by atoms with Crippen molar-refractivity contribution in [2.24, 2.45) is 0 Å². The first kappa shape index (κ1) is 15.2. The van der Waals surface area contributed by atoms with E-state index in [1.54, 1.807) is 20.8 Å². The van der Waals surface area contributed by atoms with Gasteiger partial charge in [-0.3, -0.25) is 9.59 Å². The summed E-state index contributed by atoms with van der Waals surface area (Å²) in [6.45, 7) is 6.08. The van der Waals surface area contributed by atoms with Crippen LogP contribution in [0.5, 0.6) is 0 Å². The Balaban J connectivity index is 3.93. The van der Waals surface area contributed by atoms with Gasteiger partial charge in [-0.1, -0.05) is 0 Å². The number of alkyl carbamates (subject to hydrolysis) is 1. The number of hydrogen-bond acceptors (Lipinski definition) is 4. The van der Waals surface area contributed by atoms with Crippen LogP contribution in [-0.2, 0) is 14.3 Å². The molecular formula is C10H18N2O5. The van der Waals surface area contributed by atoms with E-state index in [1.807, 2.05) is 0 Å². The number of hydrogen-bond donors (Lipinski definition) is 3. The molecule has 0 saturated carbocycles. The minimum atomic E-state index is -1.14. The maximum absolute atomic E-state index is 11.2. The van der Waals surface area contributed by atoms with Crippen LogP contribution >= 0.6 is 0 Å². The lowest BCUT2D eigenvalue weighted by atomic mass is 10.2. The molecule has 98 valence electrons. The highest BCUT2D eigenvalue weighted by Gasteiger charge is 2.18. The van der Waals surface area contributed by atoms with Gasteiger partial charge in [0.1, 0.15) is 18.2 Å². The molecular weight excluding hydrogens is 228 g/mol. The van der Waals surface area contributed by atoms with E-state index < -0.39 is 29.6 Å². The fourth-order valence-electron chi connectivity index (χ4n) is 0.821. The average Bonchev–Trinajstić information content (AvgIpc) is 2.11. The summed E-state index contributed by atoms with van der Waals surface area (Å²) in [5.74, 6) is -1.73. The van der Waals surface area contributed by atoms with Crippen molar-refractivity contribution in [2.45, 2.75) is 39.3 Å². The Bertz CT molecular complexity index is 308. The van der Waals surface area contributed by atoms with Crippen LogP contribution in [0.15, 0.2) is 0 Å². The number of carbonyl (C=O) groups is 3. The van der Waals surface area contributed by atoms with Gasteiger partial charge in [0.05, 0.1) is 0 Å². The summed E-state index contributed by atoms with van der Waals surface area (Å²) < 4.78 is 4.89. The lowest BCUT2D eigenvalue weighted by Gasteiger charge is -2.19. The molecule has 7 heteroatoms. The van der Waals surface area contributed by atoms with Crippen LogP contribution in [0.2, 0.25) is 0 Å². The van der Waals surface area contributed by atoms with Gasteiger partial charge in [-0.25, -0.2) is 4.79 Å². The summed E-state index contributed by atoms with van der Waals surface area (Å²) in [5, 5.41) is 12.9. The molecule has 0 saturated heterocycles. The predicted molar refractivity (Wildman–Crippen MR) is 59.5 cm³/mol. The molecule has 17 heavy (non-hydrogen) atoms. The number of carboxylic acid groups (broad SMARTS) is 1. The lowest BCUT2D eigenvalue weighted by molar-refractivity contribution is -0.141. The number of carboxylic acids is 1. The molecule has 0 aromatic carbocycles. The summed E-state index contributed by atoms with van der Waals surface area (Å²) in [5.41, 5.74) is -0.644. The maximum Gasteiger partial charge on any atom is 0.408 e. The molecule has 1 atom stereocenters. The third-order valence-electron chi connectivity index (χ3n) is 1.54. The summed E-state index contributed by atoms with van der Waals surface area (Å²) in [6.07, 6.45) is -0.726. The van der Waals surface area contributed by atoms with Crippen molar-refractivity contribution < 1.29 is 24.2 Å². The maximum atomic E-state index is 11.2. The molecule has 0 bridgehead atoms. The van der Waals surface area contributed by atoms with Gasteiger partial charge >= 0.3 is 12.1 Å². The number of rotatable bonds is 4. The second-order valence-electron chi connectivity index (χ2n) is 4.48. The minimum Gasteiger partial charge on any atom is -0.480 e. The van der Waals surface area contributed by atoms with E-state index in [2.05, 4.69) is 10.6 Å². The highest BCUT2D eigenvalue weighted by Crippen LogP contribution is 2.05. The van der Waals surface area contributed by atoms with Gasteiger partial charge in [0.15, 0.2) is 0 Å². The fourth-order valence-corrected chi connectivity index (χ4v) is 0.821. The summed E-state index contributed by atoms with van der Waals surface area (Å²) >= 11 is 0. The normalized spacial score (nSPS) is 12.5. The Kier molecular flexibility index (Phi) is 5.43. The van der Waals surface area contributed by atoms with E-state index in [9.17, 15) is 14.4 Å². The van der Waals surface area contributed by atoms with Gasteiger partial charge < -0.3 is 20.5 Å². The zero-order valence-corrected chi connectivity index (χ0v) is 10.4. The van der Waals surface area contributed by atoms with E-state index in [4.69, 9.17) is 9.84 Å². The third-order valence-corrected chi connectivity index (χ3v) is 1.54. The number of nitrogens with one attached hydrogen (secondary N) is 2. The minimum absolute atomic E-state index is 0.327. The summed E-state index contributed by atoms with van der Waals surface area (Å²) in [6, 6.07) is -0.997. The van der Waals surface area contributed by atoms with Crippen molar-refractivity contribution in [3.8, 4) is 0 Å². The van der Waals surface area contributed by atoms with Gasteiger partial charge in [0, 0.05) is 0 Å². The highest BCUT2D eigenvalue weighted by atomic mass is 16.6. The molecule has 0 aliphatic rings. The Morgan fingerprint density at radius 2 is 1.82 bits per heavy atom. The molecule has 0 aliphatic heterocycles. The highest BCUT2D eigenvalue weighted by molar-refractivity contribution is 5.86. The first-order chi connectivity index (χ1) is 7.61. The number of carbonyl (C=O) groups excluding carboxylic acids is 2. The van der Waals surface area contributed by atoms with Gasteiger partial charge in [-0.2, -0.15) is 0 Å². The van der Waals surface area contributed by atoms with Gasteiger partial charge in [0.2, 0.25) is 5.91 Å². The second kappa shape index (κ2) is 6.07. The molecule has 2 amide bonds. The first-order valence-electron chi connectivity index (χ1n) is 5.11. The topological polar surface area (TPSA) is 105 Å². The smallest absolute Gasteiger partial charge is 0.408 e.